The topological polar surface area (TPSA) is 71.1 Å². The maximum atomic E-state index is 11.4. The van der Waals surface area contributed by atoms with Crippen molar-refractivity contribution in [3.05, 3.63) is 0 Å². The first kappa shape index (κ1) is 20.9. The molecule has 0 aromatic carbocycles. The molecule has 0 rings (SSSR count). The maximum absolute atomic E-state index is 11.4. The number of hydrogen-bond acceptors (Lipinski definition) is 6. The Morgan fingerprint density at radius 2 is 1.36 bits per heavy atom. The van der Waals surface area contributed by atoms with Crippen LogP contribution in [0.15, 0.2) is 0 Å². The van der Waals surface area contributed by atoms with Gasteiger partial charge in [-0.2, -0.15) is 0 Å². The molecule has 0 atom stereocenters. The highest BCUT2D eigenvalue weighted by Crippen LogP contribution is 2.03. The minimum absolute atomic E-state index is 0.228. The standard InChI is InChI=1S/C16H30O6/c1-3-4-11-20-13-14-22-16(18)9-6-5-8-15(17)21-12-7-10-19-2/h3-14H2,1-2H3. The first-order chi connectivity index (χ1) is 10.7. The van der Waals surface area contributed by atoms with Gasteiger partial charge in [0.05, 0.1) is 13.2 Å². The van der Waals surface area contributed by atoms with Crippen molar-refractivity contribution in [1.29, 1.82) is 0 Å². The van der Waals surface area contributed by atoms with Gasteiger partial charge in [-0.05, 0) is 19.3 Å². The van der Waals surface area contributed by atoms with E-state index in [0.29, 0.717) is 65.1 Å². The summed E-state index contributed by atoms with van der Waals surface area (Å²) in [5, 5.41) is 0. The number of methoxy groups -OCH3 is 1. The van der Waals surface area contributed by atoms with Crippen LogP contribution in [-0.2, 0) is 28.5 Å². The monoisotopic (exact) mass is 318 g/mol. The number of carbonyl (C=O) groups is 2. The summed E-state index contributed by atoms with van der Waals surface area (Å²) in [6.07, 6.45) is 4.74. The normalized spacial score (nSPS) is 10.5. The Kier molecular flexibility index (Phi) is 15.4. The fourth-order valence-corrected chi connectivity index (χ4v) is 1.64. The second kappa shape index (κ2) is 16.2. The van der Waals surface area contributed by atoms with Gasteiger partial charge in [0.2, 0.25) is 0 Å². The largest absolute Gasteiger partial charge is 0.466 e. The van der Waals surface area contributed by atoms with E-state index < -0.39 is 0 Å². The summed E-state index contributed by atoms with van der Waals surface area (Å²) >= 11 is 0. The van der Waals surface area contributed by atoms with Crippen molar-refractivity contribution >= 4 is 11.9 Å². The second-order valence-electron chi connectivity index (χ2n) is 4.96. The van der Waals surface area contributed by atoms with Crippen LogP contribution >= 0.6 is 0 Å². The third-order valence-corrected chi connectivity index (χ3v) is 2.90. The highest BCUT2D eigenvalue weighted by Gasteiger charge is 2.06. The van der Waals surface area contributed by atoms with Crippen molar-refractivity contribution in [3.63, 3.8) is 0 Å². The quantitative estimate of drug-likeness (QED) is 0.341. The zero-order valence-electron chi connectivity index (χ0n) is 13.9. The van der Waals surface area contributed by atoms with Crippen LogP contribution in [0.5, 0.6) is 0 Å². The maximum Gasteiger partial charge on any atom is 0.305 e. The number of esters is 2. The van der Waals surface area contributed by atoms with Crippen LogP contribution in [0.2, 0.25) is 0 Å². The average molecular weight is 318 g/mol. The van der Waals surface area contributed by atoms with Gasteiger partial charge in [-0.3, -0.25) is 9.59 Å². The first-order valence-electron chi connectivity index (χ1n) is 8.08. The van der Waals surface area contributed by atoms with E-state index in [4.69, 9.17) is 18.9 Å². The molecule has 0 fully saturated rings. The van der Waals surface area contributed by atoms with Gasteiger partial charge < -0.3 is 18.9 Å². The molecule has 0 heterocycles. The van der Waals surface area contributed by atoms with Gasteiger partial charge in [0.1, 0.15) is 6.61 Å². The number of rotatable bonds is 15. The lowest BCUT2D eigenvalue weighted by molar-refractivity contribution is -0.147. The van der Waals surface area contributed by atoms with E-state index in [-0.39, 0.29) is 11.9 Å². The molecular weight excluding hydrogens is 288 g/mol. The number of hydrogen-bond donors (Lipinski definition) is 0. The summed E-state index contributed by atoms with van der Waals surface area (Å²) in [6.45, 7) is 4.51. The molecule has 0 amide bonds. The van der Waals surface area contributed by atoms with Gasteiger partial charge in [0.25, 0.3) is 0 Å². The van der Waals surface area contributed by atoms with Gasteiger partial charge >= 0.3 is 11.9 Å². The van der Waals surface area contributed by atoms with E-state index in [1.807, 2.05) is 0 Å². The van der Waals surface area contributed by atoms with Crippen molar-refractivity contribution < 1.29 is 28.5 Å². The predicted molar refractivity (Wildman–Crippen MR) is 82.6 cm³/mol. The Hall–Kier alpha value is -1.14. The molecule has 22 heavy (non-hydrogen) atoms. The summed E-state index contributed by atoms with van der Waals surface area (Å²) in [7, 11) is 1.61. The smallest absolute Gasteiger partial charge is 0.305 e. The van der Waals surface area contributed by atoms with E-state index in [1.54, 1.807) is 7.11 Å². The van der Waals surface area contributed by atoms with Crippen molar-refractivity contribution in [1.82, 2.24) is 0 Å². The van der Waals surface area contributed by atoms with Crippen LogP contribution in [0.4, 0.5) is 0 Å². The molecule has 0 saturated carbocycles. The van der Waals surface area contributed by atoms with Gasteiger partial charge in [-0.15, -0.1) is 0 Å². The molecule has 0 saturated heterocycles. The zero-order chi connectivity index (χ0) is 16.5. The molecule has 0 aliphatic carbocycles. The Bertz CT molecular complexity index is 280. The molecule has 0 aliphatic rings. The molecule has 6 nitrogen and oxygen atoms in total. The summed E-state index contributed by atoms with van der Waals surface area (Å²) in [6, 6.07) is 0. The van der Waals surface area contributed by atoms with Gasteiger partial charge in [-0.25, -0.2) is 0 Å². The van der Waals surface area contributed by atoms with Crippen molar-refractivity contribution in [3.8, 4) is 0 Å². The van der Waals surface area contributed by atoms with Crippen LogP contribution < -0.4 is 0 Å². The average Bonchev–Trinajstić information content (AvgIpc) is 2.51. The molecule has 130 valence electrons. The predicted octanol–water partition coefficient (Wildman–Crippen LogP) is 2.49. The molecule has 0 unspecified atom stereocenters. The third kappa shape index (κ3) is 15.3. The van der Waals surface area contributed by atoms with Crippen molar-refractivity contribution in [2.24, 2.45) is 0 Å². The van der Waals surface area contributed by atoms with Crippen molar-refractivity contribution in [2.45, 2.75) is 51.9 Å². The summed E-state index contributed by atoms with van der Waals surface area (Å²) < 4.78 is 20.2. The summed E-state index contributed by atoms with van der Waals surface area (Å²) in [5.74, 6) is -0.471. The van der Waals surface area contributed by atoms with Gasteiger partial charge in [-0.1, -0.05) is 13.3 Å². The van der Waals surface area contributed by atoms with Crippen molar-refractivity contribution in [2.75, 3.05) is 40.1 Å². The highest BCUT2D eigenvalue weighted by atomic mass is 16.6. The Balaban J connectivity index is 3.32. The Morgan fingerprint density at radius 1 is 0.727 bits per heavy atom. The van der Waals surface area contributed by atoms with Gasteiger partial charge in [0, 0.05) is 39.6 Å². The molecule has 6 heteroatoms. The first-order valence-corrected chi connectivity index (χ1v) is 8.08. The summed E-state index contributed by atoms with van der Waals surface area (Å²) in [4.78, 5) is 22.8. The molecule has 0 spiro atoms. The molecule has 0 radical (unpaired) electrons. The fraction of sp³-hybridized carbons (Fsp3) is 0.875. The lowest BCUT2D eigenvalue weighted by atomic mass is 10.2. The Morgan fingerprint density at radius 3 is 1.95 bits per heavy atom. The van der Waals surface area contributed by atoms with Crippen LogP contribution in [-0.4, -0.2) is 52.1 Å². The Labute approximate surface area is 133 Å². The highest BCUT2D eigenvalue weighted by molar-refractivity contribution is 5.70. The SMILES string of the molecule is CCCCOCCOC(=O)CCCCC(=O)OCCCOC. The minimum atomic E-state index is -0.243. The molecule has 0 N–H and O–H groups in total. The zero-order valence-corrected chi connectivity index (χ0v) is 13.9. The van der Waals surface area contributed by atoms with E-state index in [1.165, 1.54) is 0 Å². The summed E-state index contributed by atoms with van der Waals surface area (Å²) in [5.41, 5.74) is 0. The van der Waals surface area contributed by atoms with E-state index in [2.05, 4.69) is 6.92 Å². The van der Waals surface area contributed by atoms with E-state index in [0.717, 1.165) is 12.8 Å². The van der Waals surface area contributed by atoms with E-state index in [9.17, 15) is 9.59 Å². The fourth-order valence-electron chi connectivity index (χ4n) is 1.64. The lowest BCUT2D eigenvalue weighted by Gasteiger charge is -2.06. The molecule has 0 aliphatic heterocycles. The van der Waals surface area contributed by atoms with E-state index >= 15 is 0 Å². The number of carbonyl (C=O) groups excluding carboxylic acids is 2. The lowest BCUT2D eigenvalue weighted by Crippen LogP contribution is -2.11. The van der Waals surface area contributed by atoms with Gasteiger partial charge in [0.15, 0.2) is 0 Å². The van der Waals surface area contributed by atoms with Crippen LogP contribution in [0.25, 0.3) is 0 Å². The minimum Gasteiger partial charge on any atom is -0.466 e. The molecule has 0 bridgehead atoms. The van der Waals surface area contributed by atoms with Crippen LogP contribution in [0, 0.1) is 0 Å². The molecule has 0 aromatic rings. The van der Waals surface area contributed by atoms with Crippen LogP contribution in [0.1, 0.15) is 51.9 Å². The number of ether oxygens (including phenoxy) is 4. The number of unbranched alkanes of at least 4 members (excludes halogenated alkanes) is 2. The molecule has 0 aromatic heterocycles. The molecular formula is C16H30O6. The van der Waals surface area contributed by atoms with Crippen LogP contribution in [0.3, 0.4) is 0 Å². The second-order valence-corrected chi connectivity index (χ2v) is 4.96. The third-order valence-electron chi connectivity index (χ3n) is 2.90.